The maximum atomic E-state index is 11.2. The first-order valence-electron chi connectivity index (χ1n) is 4.35. The van der Waals surface area contributed by atoms with Crippen LogP contribution in [-0.2, 0) is 4.79 Å². The van der Waals surface area contributed by atoms with E-state index in [1.807, 2.05) is 11.9 Å². The van der Waals surface area contributed by atoms with Gasteiger partial charge in [-0.25, -0.2) is 0 Å². The van der Waals surface area contributed by atoms with Crippen molar-refractivity contribution in [1.82, 2.24) is 4.90 Å². The summed E-state index contributed by atoms with van der Waals surface area (Å²) < 4.78 is 0. The third-order valence-corrected chi connectivity index (χ3v) is 2.64. The Labute approximate surface area is 68.6 Å². The smallest absolute Gasteiger partial charge is 0.222 e. The van der Waals surface area contributed by atoms with E-state index in [0.29, 0.717) is 17.7 Å². The van der Waals surface area contributed by atoms with Gasteiger partial charge >= 0.3 is 0 Å². The van der Waals surface area contributed by atoms with Gasteiger partial charge in [-0.2, -0.15) is 0 Å². The maximum Gasteiger partial charge on any atom is 0.222 e. The quantitative estimate of drug-likeness (QED) is 0.562. The van der Waals surface area contributed by atoms with Crippen LogP contribution < -0.4 is 0 Å². The largest absolute Gasteiger partial charge is 0.346 e. The van der Waals surface area contributed by atoms with Gasteiger partial charge in [0.2, 0.25) is 5.91 Å². The summed E-state index contributed by atoms with van der Waals surface area (Å²) in [7, 11) is 1.89. The van der Waals surface area contributed by atoms with Crippen molar-refractivity contribution in [2.24, 2.45) is 11.8 Å². The van der Waals surface area contributed by atoms with Gasteiger partial charge in [-0.05, 0) is 18.3 Å². The minimum Gasteiger partial charge on any atom is -0.346 e. The molecule has 0 aromatic heterocycles. The molecule has 1 fully saturated rings. The molecule has 1 saturated heterocycles. The Morgan fingerprint density at radius 1 is 1.55 bits per heavy atom. The highest BCUT2D eigenvalue weighted by Gasteiger charge is 2.24. The number of hydrogen-bond acceptors (Lipinski definition) is 1. The number of nitrogens with zero attached hydrogens (tertiary/aromatic N) is 1. The summed E-state index contributed by atoms with van der Waals surface area (Å²) in [6, 6.07) is 0. The summed E-state index contributed by atoms with van der Waals surface area (Å²) in [5, 5.41) is 0. The van der Waals surface area contributed by atoms with Gasteiger partial charge in [0.1, 0.15) is 0 Å². The predicted octanol–water partition coefficient (Wildman–Crippen LogP) is 1.51. The van der Waals surface area contributed by atoms with Crippen molar-refractivity contribution in [1.29, 1.82) is 0 Å². The zero-order valence-corrected chi connectivity index (χ0v) is 7.63. The molecule has 0 unspecified atom stereocenters. The highest BCUT2D eigenvalue weighted by Crippen LogP contribution is 2.24. The molecule has 1 amide bonds. The Morgan fingerprint density at radius 3 is 2.64 bits per heavy atom. The molecule has 0 aromatic rings. The highest BCUT2D eigenvalue weighted by molar-refractivity contribution is 5.76. The van der Waals surface area contributed by atoms with Crippen LogP contribution in [0.4, 0.5) is 0 Å². The molecule has 0 radical (unpaired) electrons. The van der Waals surface area contributed by atoms with E-state index in [0.717, 1.165) is 13.0 Å². The molecule has 0 saturated carbocycles. The SMILES string of the molecule is CC(C)[C@@H]1CCN(C)C(=O)C1. The average Bonchev–Trinajstić information content (AvgIpc) is 1.94. The molecule has 1 rings (SSSR count). The molecule has 1 heterocycles. The molecule has 11 heavy (non-hydrogen) atoms. The molecule has 0 N–H and O–H groups in total. The summed E-state index contributed by atoms with van der Waals surface area (Å²) in [5.41, 5.74) is 0. The minimum absolute atomic E-state index is 0.315. The Hall–Kier alpha value is -0.530. The first kappa shape index (κ1) is 8.57. The van der Waals surface area contributed by atoms with Crippen molar-refractivity contribution < 1.29 is 4.79 Å². The van der Waals surface area contributed by atoms with Gasteiger partial charge in [-0.15, -0.1) is 0 Å². The van der Waals surface area contributed by atoms with Gasteiger partial charge in [-0.1, -0.05) is 13.8 Å². The van der Waals surface area contributed by atoms with Gasteiger partial charge in [0.25, 0.3) is 0 Å². The van der Waals surface area contributed by atoms with Crippen LogP contribution in [-0.4, -0.2) is 24.4 Å². The second kappa shape index (κ2) is 3.24. The first-order chi connectivity index (χ1) is 5.11. The molecule has 0 aliphatic carbocycles. The van der Waals surface area contributed by atoms with Crippen molar-refractivity contribution in [3.63, 3.8) is 0 Å². The van der Waals surface area contributed by atoms with E-state index < -0.39 is 0 Å². The van der Waals surface area contributed by atoms with Gasteiger partial charge in [0.15, 0.2) is 0 Å². The highest BCUT2D eigenvalue weighted by atomic mass is 16.2. The molecule has 0 aromatic carbocycles. The Morgan fingerprint density at radius 2 is 2.18 bits per heavy atom. The Bertz CT molecular complexity index is 154. The Balaban J connectivity index is 2.46. The number of amides is 1. The average molecular weight is 155 g/mol. The molecule has 64 valence electrons. The van der Waals surface area contributed by atoms with Gasteiger partial charge in [-0.3, -0.25) is 4.79 Å². The van der Waals surface area contributed by atoms with E-state index in [4.69, 9.17) is 0 Å². The fourth-order valence-corrected chi connectivity index (χ4v) is 1.54. The normalized spacial score (nSPS) is 26.4. The molecular weight excluding hydrogens is 138 g/mol. The number of hydrogen-bond donors (Lipinski definition) is 0. The van der Waals surface area contributed by atoms with Gasteiger partial charge in [0, 0.05) is 20.0 Å². The van der Waals surface area contributed by atoms with E-state index in [1.54, 1.807) is 0 Å². The number of carbonyl (C=O) groups excluding carboxylic acids is 1. The fourth-order valence-electron chi connectivity index (χ4n) is 1.54. The molecule has 0 bridgehead atoms. The number of rotatable bonds is 1. The van der Waals surface area contributed by atoms with Crippen molar-refractivity contribution in [2.75, 3.05) is 13.6 Å². The molecular formula is C9H17NO. The first-order valence-corrected chi connectivity index (χ1v) is 4.35. The van der Waals surface area contributed by atoms with E-state index in [9.17, 15) is 4.79 Å². The lowest BCUT2D eigenvalue weighted by molar-refractivity contribution is -0.134. The predicted molar refractivity (Wildman–Crippen MR) is 45.2 cm³/mol. The molecule has 0 spiro atoms. The molecule has 1 atom stereocenters. The fraction of sp³-hybridized carbons (Fsp3) is 0.889. The topological polar surface area (TPSA) is 20.3 Å². The second-order valence-corrected chi connectivity index (χ2v) is 3.81. The van der Waals surface area contributed by atoms with Crippen LogP contribution in [0.2, 0.25) is 0 Å². The number of carbonyl (C=O) groups is 1. The van der Waals surface area contributed by atoms with E-state index >= 15 is 0 Å². The van der Waals surface area contributed by atoms with Crippen LogP contribution in [0.1, 0.15) is 26.7 Å². The summed E-state index contributed by atoms with van der Waals surface area (Å²) in [6.07, 6.45) is 1.94. The second-order valence-electron chi connectivity index (χ2n) is 3.81. The van der Waals surface area contributed by atoms with Gasteiger partial charge in [0.05, 0.1) is 0 Å². The number of likely N-dealkylation sites (tertiary alicyclic amines) is 1. The summed E-state index contributed by atoms with van der Waals surface area (Å²) >= 11 is 0. The van der Waals surface area contributed by atoms with Gasteiger partial charge < -0.3 is 4.90 Å². The zero-order valence-electron chi connectivity index (χ0n) is 7.63. The van der Waals surface area contributed by atoms with E-state index in [1.165, 1.54) is 6.42 Å². The number of piperidine rings is 1. The van der Waals surface area contributed by atoms with Crippen molar-refractivity contribution in [3.8, 4) is 0 Å². The van der Waals surface area contributed by atoms with Crippen LogP contribution in [0, 0.1) is 11.8 Å². The lowest BCUT2D eigenvalue weighted by atomic mass is 9.86. The van der Waals surface area contributed by atoms with Crippen molar-refractivity contribution in [2.45, 2.75) is 26.7 Å². The molecule has 2 heteroatoms. The lowest BCUT2D eigenvalue weighted by Gasteiger charge is -2.30. The van der Waals surface area contributed by atoms with Crippen LogP contribution in [0.25, 0.3) is 0 Å². The molecule has 1 aliphatic rings. The third-order valence-electron chi connectivity index (χ3n) is 2.64. The third kappa shape index (κ3) is 1.95. The summed E-state index contributed by atoms with van der Waals surface area (Å²) in [5.74, 6) is 1.60. The minimum atomic E-state index is 0.315. The lowest BCUT2D eigenvalue weighted by Crippen LogP contribution is -2.37. The van der Waals surface area contributed by atoms with Crippen LogP contribution in [0.15, 0.2) is 0 Å². The molecule has 2 nitrogen and oxygen atoms in total. The van der Waals surface area contributed by atoms with Crippen molar-refractivity contribution in [3.05, 3.63) is 0 Å². The Kier molecular flexibility index (Phi) is 2.53. The zero-order chi connectivity index (χ0) is 8.43. The standard InChI is InChI=1S/C9H17NO/c1-7(2)8-4-5-10(3)9(11)6-8/h7-8H,4-6H2,1-3H3/t8-/m1/s1. The van der Waals surface area contributed by atoms with E-state index in [-0.39, 0.29) is 0 Å². The summed E-state index contributed by atoms with van der Waals surface area (Å²) in [6.45, 7) is 5.34. The van der Waals surface area contributed by atoms with Crippen molar-refractivity contribution >= 4 is 5.91 Å². The van der Waals surface area contributed by atoms with Crippen LogP contribution in [0.5, 0.6) is 0 Å². The monoisotopic (exact) mass is 155 g/mol. The summed E-state index contributed by atoms with van der Waals surface area (Å²) in [4.78, 5) is 13.1. The molecule has 1 aliphatic heterocycles. The maximum absolute atomic E-state index is 11.2. The van der Waals surface area contributed by atoms with E-state index in [2.05, 4.69) is 13.8 Å². The van der Waals surface area contributed by atoms with Crippen LogP contribution >= 0.6 is 0 Å². The van der Waals surface area contributed by atoms with Crippen LogP contribution in [0.3, 0.4) is 0 Å².